The molecule has 2 heterocycles. The molecule has 2 atom stereocenters. The maximum absolute atomic E-state index is 13.3. The molecule has 1 saturated heterocycles. The second-order valence-electron chi connectivity index (χ2n) is 10.9. The summed E-state index contributed by atoms with van der Waals surface area (Å²) in [5.74, 6) is -2.34. The van der Waals surface area contributed by atoms with Crippen molar-refractivity contribution >= 4 is 39.8 Å². The number of anilines is 1. The number of unbranched alkanes of at least 4 members (excludes halogenated alkanes) is 1. The van der Waals surface area contributed by atoms with E-state index >= 15 is 0 Å². The van der Waals surface area contributed by atoms with Gasteiger partial charge in [0, 0.05) is 31.4 Å². The van der Waals surface area contributed by atoms with Crippen LogP contribution in [0.2, 0.25) is 0 Å². The number of carbonyl (C=O) groups excluding carboxylic acids is 3. The number of benzene rings is 2. The predicted octanol–water partition coefficient (Wildman–Crippen LogP) is 4.05. The maximum Gasteiger partial charge on any atom is 0.377 e. The first-order chi connectivity index (χ1) is 22.0. The van der Waals surface area contributed by atoms with Gasteiger partial charge in [0.25, 0.3) is 16.0 Å². The van der Waals surface area contributed by atoms with E-state index in [-0.39, 0.29) is 42.1 Å². The number of carboxylic acids is 1. The topological polar surface area (TPSA) is 194 Å². The van der Waals surface area contributed by atoms with Crippen molar-refractivity contribution < 1.29 is 47.0 Å². The van der Waals surface area contributed by atoms with E-state index in [1.54, 1.807) is 22.9 Å². The third-order valence-electron chi connectivity index (χ3n) is 7.62. The highest BCUT2D eigenvalue weighted by molar-refractivity contribution is 7.86. The van der Waals surface area contributed by atoms with Gasteiger partial charge in [0.15, 0.2) is 5.75 Å². The number of amides is 2. The van der Waals surface area contributed by atoms with Crippen LogP contribution in [0.3, 0.4) is 0 Å². The van der Waals surface area contributed by atoms with Gasteiger partial charge < -0.3 is 14.6 Å². The van der Waals surface area contributed by atoms with E-state index in [1.165, 1.54) is 41.4 Å². The summed E-state index contributed by atoms with van der Waals surface area (Å²) in [6, 6.07) is 10.3. The van der Waals surface area contributed by atoms with E-state index in [0.29, 0.717) is 37.8 Å². The van der Waals surface area contributed by atoms with Crippen LogP contribution in [0, 0.1) is 0 Å². The first-order valence-electron chi connectivity index (χ1n) is 14.9. The van der Waals surface area contributed by atoms with Crippen LogP contribution >= 0.6 is 0 Å². The van der Waals surface area contributed by atoms with Gasteiger partial charge in [0.05, 0.1) is 12.0 Å². The molecule has 3 aromatic rings. The standard InChI is InChI=1S/C31H36N4O10S/c1-2-3-7-22(34-19-17-32-31(34)33-29(39)24-8-4-5-10-26(24)46(41,42)43)13-16-27(36)35-18-6-9-25(35)30(40)45-44-23-14-11-21(12-15-23)20-28(37)38/h4-5,8,10-12,14-15,17,19,22,25H,2-3,6-7,9,13,16,18,20H2,1H3,(H,37,38)(H,32,33,39)(H,41,42,43)/t22-,25-/m0/s1. The summed E-state index contributed by atoms with van der Waals surface area (Å²) in [4.78, 5) is 65.4. The van der Waals surface area contributed by atoms with Crippen molar-refractivity contribution in [2.45, 2.75) is 75.3 Å². The highest BCUT2D eigenvalue weighted by atomic mass is 32.2. The Hall–Kier alpha value is -4.76. The van der Waals surface area contributed by atoms with Gasteiger partial charge in [0.1, 0.15) is 10.9 Å². The number of rotatable bonds is 15. The third-order valence-corrected chi connectivity index (χ3v) is 8.54. The number of likely N-dealkylation sites (tertiary alicyclic amines) is 1. The summed E-state index contributed by atoms with van der Waals surface area (Å²) in [7, 11) is -4.64. The number of imidazole rings is 1. The van der Waals surface area contributed by atoms with Crippen molar-refractivity contribution in [3.05, 3.63) is 72.1 Å². The Labute approximate surface area is 266 Å². The first kappa shape index (κ1) is 34.1. The molecule has 2 amide bonds. The minimum atomic E-state index is -4.64. The number of carbonyl (C=O) groups is 4. The second kappa shape index (κ2) is 15.5. The summed E-state index contributed by atoms with van der Waals surface area (Å²) in [5, 5.41) is 11.5. The number of hydrogen-bond acceptors (Lipinski definition) is 9. The van der Waals surface area contributed by atoms with E-state index < -0.39 is 38.9 Å². The molecule has 1 fully saturated rings. The number of nitrogens with zero attached hydrogens (tertiary/aromatic N) is 3. The molecule has 3 N–H and O–H groups in total. The van der Waals surface area contributed by atoms with E-state index in [9.17, 15) is 32.1 Å². The summed E-state index contributed by atoms with van der Waals surface area (Å²) in [6.45, 7) is 2.40. The summed E-state index contributed by atoms with van der Waals surface area (Å²) < 4.78 is 34.8. The lowest BCUT2D eigenvalue weighted by molar-refractivity contribution is -0.218. The largest absolute Gasteiger partial charge is 0.481 e. The molecule has 0 saturated carbocycles. The molecule has 2 aromatic carbocycles. The smallest absolute Gasteiger partial charge is 0.377 e. The van der Waals surface area contributed by atoms with Gasteiger partial charge in [-0.05, 0) is 55.5 Å². The average molecular weight is 657 g/mol. The molecule has 246 valence electrons. The Bertz CT molecular complexity index is 1660. The van der Waals surface area contributed by atoms with Crippen molar-refractivity contribution in [3.8, 4) is 5.75 Å². The van der Waals surface area contributed by atoms with Gasteiger partial charge in [-0.25, -0.2) is 14.7 Å². The number of nitrogens with one attached hydrogen (secondary N) is 1. The summed E-state index contributed by atoms with van der Waals surface area (Å²) in [5.41, 5.74) is 0.314. The minimum absolute atomic E-state index is 0.0984. The fourth-order valence-corrected chi connectivity index (χ4v) is 6.03. The molecule has 15 heteroatoms. The van der Waals surface area contributed by atoms with Gasteiger partial charge in [-0.2, -0.15) is 8.42 Å². The van der Waals surface area contributed by atoms with Crippen molar-refractivity contribution in [3.63, 3.8) is 0 Å². The van der Waals surface area contributed by atoms with Crippen LogP contribution in [0.5, 0.6) is 5.75 Å². The lowest BCUT2D eigenvalue weighted by atomic mass is 10.0. The van der Waals surface area contributed by atoms with Crippen LogP contribution in [0.15, 0.2) is 65.8 Å². The van der Waals surface area contributed by atoms with Crippen molar-refractivity contribution in [1.82, 2.24) is 14.5 Å². The molecule has 14 nitrogen and oxygen atoms in total. The van der Waals surface area contributed by atoms with Crippen LogP contribution in [0.25, 0.3) is 0 Å². The molecular weight excluding hydrogens is 620 g/mol. The van der Waals surface area contributed by atoms with Gasteiger partial charge in [0.2, 0.25) is 11.9 Å². The zero-order chi connectivity index (χ0) is 33.3. The first-order valence-corrected chi connectivity index (χ1v) is 16.3. The van der Waals surface area contributed by atoms with Crippen molar-refractivity contribution in [1.29, 1.82) is 0 Å². The maximum atomic E-state index is 13.3. The third kappa shape index (κ3) is 8.91. The Kier molecular flexibility index (Phi) is 11.5. The molecule has 1 aliphatic heterocycles. The van der Waals surface area contributed by atoms with Crippen LogP contribution < -0.4 is 10.2 Å². The van der Waals surface area contributed by atoms with E-state index in [1.807, 2.05) is 6.92 Å². The van der Waals surface area contributed by atoms with E-state index in [0.717, 1.165) is 18.9 Å². The Morgan fingerprint density at radius 3 is 2.52 bits per heavy atom. The fourth-order valence-electron chi connectivity index (χ4n) is 5.34. The molecule has 1 aliphatic rings. The summed E-state index contributed by atoms with van der Waals surface area (Å²) in [6.07, 6.45) is 6.85. The quantitative estimate of drug-likeness (QED) is 0.121. The minimum Gasteiger partial charge on any atom is -0.481 e. The lowest BCUT2D eigenvalue weighted by Crippen LogP contribution is -2.41. The number of aliphatic carboxylic acids is 1. The molecule has 4 rings (SSSR count). The monoisotopic (exact) mass is 656 g/mol. The highest BCUT2D eigenvalue weighted by Gasteiger charge is 2.36. The van der Waals surface area contributed by atoms with Crippen molar-refractivity contribution in [2.75, 3.05) is 11.9 Å². The molecule has 0 aliphatic carbocycles. The number of aromatic nitrogens is 2. The molecule has 46 heavy (non-hydrogen) atoms. The van der Waals surface area contributed by atoms with Crippen LogP contribution in [0.4, 0.5) is 5.95 Å². The van der Waals surface area contributed by atoms with E-state index in [4.69, 9.17) is 14.9 Å². The second-order valence-corrected chi connectivity index (χ2v) is 12.3. The molecular formula is C31H36N4O10S. The van der Waals surface area contributed by atoms with Crippen LogP contribution in [0.1, 0.15) is 73.8 Å². The SMILES string of the molecule is CCCC[C@@H](CCC(=O)N1CCC[C@H]1C(=O)OOc1ccc(CC(=O)O)cc1)n1ccnc1NC(=O)c1ccccc1S(=O)(=O)O. The zero-order valence-electron chi connectivity index (χ0n) is 25.2. The van der Waals surface area contributed by atoms with Crippen molar-refractivity contribution in [2.24, 2.45) is 0 Å². The summed E-state index contributed by atoms with van der Waals surface area (Å²) >= 11 is 0. The zero-order valence-corrected chi connectivity index (χ0v) is 26.0. The molecule has 0 radical (unpaired) electrons. The van der Waals surface area contributed by atoms with Gasteiger partial charge in [-0.1, -0.05) is 44.0 Å². The lowest BCUT2D eigenvalue weighted by Gasteiger charge is -2.25. The normalized spacial score (nSPS) is 15.3. The molecule has 1 aromatic heterocycles. The molecule has 0 unspecified atom stereocenters. The predicted molar refractivity (Wildman–Crippen MR) is 163 cm³/mol. The molecule has 0 bridgehead atoms. The highest BCUT2D eigenvalue weighted by Crippen LogP contribution is 2.28. The van der Waals surface area contributed by atoms with Crippen LogP contribution in [-0.2, 0) is 35.8 Å². The fraction of sp³-hybridized carbons (Fsp3) is 0.387. The van der Waals surface area contributed by atoms with E-state index in [2.05, 4.69) is 10.3 Å². The Morgan fingerprint density at radius 2 is 1.83 bits per heavy atom. The van der Waals surface area contributed by atoms with Gasteiger partial charge in [-0.15, -0.1) is 0 Å². The molecule has 0 spiro atoms. The average Bonchev–Trinajstić information content (AvgIpc) is 3.70. The Balaban J connectivity index is 1.38. The number of hydrogen-bond donors (Lipinski definition) is 3. The Morgan fingerprint density at radius 1 is 1.09 bits per heavy atom. The van der Waals surface area contributed by atoms with Gasteiger partial charge >= 0.3 is 11.9 Å². The van der Waals surface area contributed by atoms with Gasteiger partial charge in [-0.3, -0.25) is 29.1 Å². The number of carboxylic acid groups (broad SMARTS) is 1. The van der Waals surface area contributed by atoms with Crippen LogP contribution in [-0.4, -0.2) is 68.9 Å².